The highest BCUT2D eigenvalue weighted by molar-refractivity contribution is 4.87. The SMILES string of the molecule is O=c1n(C(O)(O)CO)c(=O)n(C(O)(O)CO)c(=O)n1C(O)(O)CO. The summed E-state index contributed by atoms with van der Waals surface area (Å²) in [4.78, 5) is 36.0. The highest BCUT2D eigenvalue weighted by Crippen LogP contribution is 2.06. The highest BCUT2D eigenvalue weighted by Gasteiger charge is 2.41. The van der Waals surface area contributed by atoms with E-state index in [9.17, 15) is 45.0 Å². The number of hydrogen-bond acceptors (Lipinski definition) is 12. The number of aliphatic hydroxyl groups excluding tert-OH is 3. The van der Waals surface area contributed by atoms with Gasteiger partial charge in [0.2, 0.25) is 0 Å². The van der Waals surface area contributed by atoms with Crippen LogP contribution in [0.5, 0.6) is 0 Å². The number of rotatable bonds is 6. The Morgan fingerprint density at radius 1 is 0.542 bits per heavy atom. The molecule has 0 saturated carbocycles. The van der Waals surface area contributed by atoms with Gasteiger partial charge in [-0.15, -0.1) is 0 Å². The van der Waals surface area contributed by atoms with Crippen LogP contribution in [0.25, 0.3) is 0 Å². The summed E-state index contributed by atoms with van der Waals surface area (Å²) in [6, 6.07) is 0. The smallest absolute Gasteiger partial charge is 0.345 e. The van der Waals surface area contributed by atoms with E-state index < -0.39 is 68.3 Å². The summed E-state index contributed by atoms with van der Waals surface area (Å²) in [5.41, 5.74) is -6.44. The van der Waals surface area contributed by atoms with Gasteiger partial charge in [-0.2, -0.15) is 13.7 Å². The van der Waals surface area contributed by atoms with E-state index in [1.165, 1.54) is 0 Å². The quantitative estimate of drug-likeness (QED) is 0.215. The zero-order valence-electron chi connectivity index (χ0n) is 11.7. The second-order valence-electron chi connectivity index (χ2n) is 4.65. The van der Waals surface area contributed by atoms with E-state index in [-0.39, 0.29) is 0 Å². The van der Waals surface area contributed by atoms with Crippen molar-refractivity contribution >= 4 is 0 Å². The van der Waals surface area contributed by atoms with E-state index in [4.69, 9.17) is 15.3 Å². The van der Waals surface area contributed by atoms with E-state index in [1.807, 2.05) is 0 Å². The second kappa shape index (κ2) is 6.16. The van der Waals surface area contributed by atoms with Crippen molar-refractivity contribution in [3.8, 4) is 0 Å². The van der Waals surface area contributed by atoms with Crippen LogP contribution in [0.4, 0.5) is 0 Å². The van der Waals surface area contributed by atoms with Crippen LogP contribution >= 0.6 is 0 Å². The molecule has 0 aliphatic carbocycles. The average Bonchev–Trinajstić information content (AvgIpc) is 2.46. The molecule has 24 heavy (non-hydrogen) atoms. The van der Waals surface area contributed by atoms with E-state index in [2.05, 4.69) is 0 Å². The molecule has 1 rings (SSSR count). The molecule has 0 aliphatic heterocycles. The van der Waals surface area contributed by atoms with Crippen molar-refractivity contribution in [3.63, 3.8) is 0 Å². The Hall–Kier alpha value is -1.95. The van der Waals surface area contributed by atoms with Crippen molar-refractivity contribution in [1.82, 2.24) is 13.7 Å². The van der Waals surface area contributed by atoms with E-state index in [0.717, 1.165) is 0 Å². The summed E-state index contributed by atoms with van der Waals surface area (Å²) in [6.45, 7) is -5.19. The molecule has 15 nitrogen and oxygen atoms in total. The van der Waals surface area contributed by atoms with Crippen LogP contribution in [0, 0.1) is 0 Å². The average molecular weight is 357 g/mol. The summed E-state index contributed by atoms with van der Waals surface area (Å²) in [5, 5.41) is 83.2. The first-order valence-corrected chi connectivity index (χ1v) is 5.98. The molecule has 0 saturated heterocycles. The van der Waals surface area contributed by atoms with Crippen molar-refractivity contribution in [3.05, 3.63) is 31.5 Å². The summed E-state index contributed by atoms with van der Waals surface area (Å²) >= 11 is 0. The maximum absolute atomic E-state index is 12.0. The molecule has 1 heterocycles. The maximum Gasteiger partial charge on any atom is 0.345 e. The third-order valence-corrected chi connectivity index (χ3v) is 2.86. The monoisotopic (exact) mass is 357 g/mol. The number of aliphatic hydroxyl groups is 9. The Morgan fingerprint density at radius 3 is 0.833 bits per heavy atom. The predicted octanol–water partition coefficient (Wildman–Crippen LogP) is -8.07. The molecule has 0 atom stereocenters. The van der Waals surface area contributed by atoms with Gasteiger partial charge in [0.15, 0.2) is 0 Å². The third kappa shape index (κ3) is 3.02. The normalized spacial score (nSPS) is 13.4. The van der Waals surface area contributed by atoms with Gasteiger partial charge < -0.3 is 46.0 Å². The molecule has 0 unspecified atom stereocenters. The maximum atomic E-state index is 12.0. The lowest BCUT2D eigenvalue weighted by molar-refractivity contribution is -0.285. The largest absolute Gasteiger partial charge is 0.389 e. The lowest BCUT2D eigenvalue weighted by atomic mass is 10.4. The first-order chi connectivity index (χ1) is 10.8. The molecular formula is C9H15N3O12. The van der Waals surface area contributed by atoms with Crippen LogP contribution in [-0.2, 0) is 17.7 Å². The lowest BCUT2D eigenvalue weighted by Crippen LogP contribution is -2.68. The van der Waals surface area contributed by atoms with Crippen LogP contribution in [0.2, 0.25) is 0 Å². The van der Waals surface area contributed by atoms with Gasteiger partial charge in [0.05, 0.1) is 0 Å². The van der Waals surface area contributed by atoms with E-state index >= 15 is 0 Å². The Bertz CT molecular complexity index is 649. The van der Waals surface area contributed by atoms with Crippen LogP contribution in [0.3, 0.4) is 0 Å². The van der Waals surface area contributed by atoms with Crippen molar-refractivity contribution in [2.75, 3.05) is 19.8 Å². The molecule has 0 spiro atoms. The molecule has 1 aromatic heterocycles. The molecule has 1 aromatic rings. The van der Waals surface area contributed by atoms with Gasteiger partial charge in [0.25, 0.3) is 17.7 Å². The summed E-state index contributed by atoms with van der Waals surface area (Å²) in [6.07, 6.45) is 0. The molecular weight excluding hydrogens is 342 g/mol. The Labute approximate surface area is 130 Å². The fourth-order valence-corrected chi connectivity index (χ4v) is 1.68. The minimum absolute atomic E-state index is 0.748. The third-order valence-electron chi connectivity index (χ3n) is 2.86. The summed E-state index contributed by atoms with van der Waals surface area (Å²) in [5.74, 6) is -11.2. The van der Waals surface area contributed by atoms with Gasteiger partial charge in [-0.05, 0) is 0 Å². The van der Waals surface area contributed by atoms with Crippen LogP contribution < -0.4 is 17.1 Å². The highest BCUT2D eigenvalue weighted by atomic mass is 16.6. The van der Waals surface area contributed by atoms with Gasteiger partial charge in [-0.3, -0.25) is 0 Å². The molecule has 0 aliphatic rings. The zero-order valence-corrected chi connectivity index (χ0v) is 11.7. The van der Waals surface area contributed by atoms with Crippen molar-refractivity contribution in [2.45, 2.75) is 17.7 Å². The fourth-order valence-electron chi connectivity index (χ4n) is 1.68. The Morgan fingerprint density at radius 2 is 0.708 bits per heavy atom. The minimum atomic E-state index is -3.72. The topological polar surface area (TPSA) is 248 Å². The van der Waals surface area contributed by atoms with Crippen LogP contribution in [0.15, 0.2) is 14.4 Å². The molecule has 0 bridgehead atoms. The standard InChI is InChI=1S/C9H15N3O12/c13-1-7(19,20)10-4(16)11(8(21,22)2-14)6(18)12(5(10)17)9(23,24)3-15/h13-15,19-24H,1-3H2. The first-order valence-electron chi connectivity index (χ1n) is 5.98. The number of hydrogen-bond donors (Lipinski definition) is 9. The second-order valence-corrected chi connectivity index (χ2v) is 4.65. The molecule has 0 radical (unpaired) electrons. The minimum Gasteiger partial charge on any atom is -0.389 e. The van der Waals surface area contributed by atoms with Gasteiger partial charge in [-0.25, -0.2) is 14.4 Å². The number of nitrogens with zero attached hydrogens (tertiary/aromatic N) is 3. The molecule has 0 amide bonds. The van der Waals surface area contributed by atoms with Gasteiger partial charge in [0.1, 0.15) is 19.8 Å². The molecule has 138 valence electrons. The fraction of sp³-hybridized carbons (Fsp3) is 0.667. The van der Waals surface area contributed by atoms with Gasteiger partial charge >= 0.3 is 17.1 Å². The van der Waals surface area contributed by atoms with E-state index in [0.29, 0.717) is 0 Å². The number of aromatic nitrogens is 3. The van der Waals surface area contributed by atoms with Gasteiger partial charge in [-0.1, -0.05) is 0 Å². The van der Waals surface area contributed by atoms with Crippen LogP contribution in [-0.4, -0.2) is 79.5 Å². The van der Waals surface area contributed by atoms with E-state index in [1.54, 1.807) is 0 Å². The molecule has 0 fully saturated rings. The Balaban J connectivity index is 4.22. The van der Waals surface area contributed by atoms with Crippen molar-refractivity contribution in [2.24, 2.45) is 0 Å². The van der Waals surface area contributed by atoms with Crippen molar-refractivity contribution in [1.29, 1.82) is 0 Å². The first kappa shape index (κ1) is 20.1. The summed E-state index contributed by atoms with van der Waals surface area (Å²) < 4.78 is -2.24. The zero-order chi connectivity index (χ0) is 19.1. The molecule has 0 aromatic carbocycles. The van der Waals surface area contributed by atoms with Gasteiger partial charge in [0, 0.05) is 0 Å². The van der Waals surface area contributed by atoms with Crippen molar-refractivity contribution < 1.29 is 46.0 Å². The Kier molecular flexibility index (Phi) is 5.16. The summed E-state index contributed by atoms with van der Waals surface area (Å²) in [7, 11) is 0. The van der Waals surface area contributed by atoms with Crippen LogP contribution in [0.1, 0.15) is 0 Å². The lowest BCUT2D eigenvalue weighted by Gasteiger charge is -2.29. The molecule has 15 heteroatoms. The molecule has 9 N–H and O–H groups in total. The predicted molar refractivity (Wildman–Crippen MR) is 67.7 cm³/mol.